The van der Waals surface area contributed by atoms with E-state index in [0.29, 0.717) is 25.9 Å². The molecule has 0 aromatic carbocycles. The maximum absolute atomic E-state index is 12.1. The van der Waals surface area contributed by atoms with Crippen molar-refractivity contribution in [3.63, 3.8) is 0 Å². The fraction of sp³-hybridized carbons (Fsp3) is 0.533. The van der Waals surface area contributed by atoms with Crippen molar-refractivity contribution in [2.24, 2.45) is 0 Å². The summed E-state index contributed by atoms with van der Waals surface area (Å²) >= 11 is 0. The number of carboxylic acid groups (broad SMARTS) is 1. The zero-order valence-corrected chi connectivity index (χ0v) is 12.1. The Morgan fingerprint density at radius 3 is 2.86 bits per heavy atom. The van der Waals surface area contributed by atoms with Crippen LogP contribution in [0.3, 0.4) is 0 Å². The number of likely N-dealkylation sites (tertiary alicyclic amines) is 1. The molecule has 0 aliphatic carbocycles. The van der Waals surface area contributed by atoms with Gasteiger partial charge in [0.25, 0.3) is 5.56 Å². The Morgan fingerprint density at radius 1 is 1.38 bits per heavy atom. The van der Waals surface area contributed by atoms with Crippen molar-refractivity contribution in [1.82, 2.24) is 9.47 Å². The molecule has 1 fully saturated rings. The number of carbonyl (C=O) groups excluding carboxylic acids is 1. The van der Waals surface area contributed by atoms with Gasteiger partial charge in [-0.1, -0.05) is 6.07 Å². The van der Waals surface area contributed by atoms with Gasteiger partial charge in [-0.05, 0) is 31.7 Å². The van der Waals surface area contributed by atoms with Gasteiger partial charge in [0.1, 0.15) is 6.04 Å². The molecule has 0 bridgehead atoms. The van der Waals surface area contributed by atoms with Gasteiger partial charge in [-0.2, -0.15) is 0 Å². The highest BCUT2D eigenvalue weighted by atomic mass is 16.4. The van der Waals surface area contributed by atoms with Gasteiger partial charge in [0.15, 0.2) is 0 Å². The molecule has 1 amide bonds. The van der Waals surface area contributed by atoms with E-state index in [1.165, 1.54) is 11.0 Å². The molecule has 1 atom stereocenters. The highest BCUT2D eigenvalue weighted by Crippen LogP contribution is 2.18. The molecule has 1 N–H and O–H groups in total. The fourth-order valence-electron chi connectivity index (χ4n) is 2.69. The van der Waals surface area contributed by atoms with Gasteiger partial charge in [0.2, 0.25) is 5.91 Å². The van der Waals surface area contributed by atoms with Gasteiger partial charge in [0, 0.05) is 31.8 Å². The molecule has 6 nitrogen and oxygen atoms in total. The van der Waals surface area contributed by atoms with Gasteiger partial charge < -0.3 is 14.6 Å². The summed E-state index contributed by atoms with van der Waals surface area (Å²) in [4.78, 5) is 36.2. The van der Waals surface area contributed by atoms with Gasteiger partial charge in [0.05, 0.1) is 0 Å². The number of carboxylic acids is 1. The van der Waals surface area contributed by atoms with E-state index in [2.05, 4.69) is 0 Å². The van der Waals surface area contributed by atoms with E-state index >= 15 is 0 Å². The molecule has 0 radical (unpaired) electrons. The number of hydrogen-bond donors (Lipinski definition) is 1. The lowest BCUT2D eigenvalue weighted by Gasteiger charge is -2.21. The van der Waals surface area contributed by atoms with Crippen molar-refractivity contribution < 1.29 is 14.7 Å². The lowest BCUT2D eigenvalue weighted by atomic mass is 10.2. The molecule has 1 aliphatic heterocycles. The van der Waals surface area contributed by atoms with Gasteiger partial charge in [-0.15, -0.1) is 0 Å². The molecule has 114 valence electrons. The van der Waals surface area contributed by atoms with E-state index < -0.39 is 12.0 Å². The smallest absolute Gasteiger partial charge is 0.326 e. The molecule has 1 aromatic rings. The Labute approximate surface area is 123 Å². The van der Waals surface area contributed by atoms with Crippen molar-refractivity contribution in [2.75, 3.05) is 6.54 Å². The maximum Gasteiger partial charge on any atom is 0.326 e. The molecule has 1 aromatic heterocycles. The summed E-state index contributed by atoms with van der Waals surface area (Å²) in [7, 11) is 0. The van der Waals surface area contributed by atoms with Gasteiger partial charge in [-0.3, -0.25) is 9.59 Å². The number of amides is 1. The molecule has 21 heavy (non-hydrogen) atoms. The number of aliphatic carboxylic acids is 1. The molecule has 1 unspecified atom stereocenters. The average Bonchev–Trinajstić information content (AvgIpc) is 2.92. The van der Waals surface area contributed by atoms with E-state index in [1.54, 1.807) is 16.8 Å². The fourth-order valence-corrected chi connectivity index (χ4v) is 2.69. The van der Waals surface area contributed by atoms with Gasteiger partial charge >= 0.3 is 5.97 Å². The molecule has 2 heterocycles. The molecule has 2 rings (SSSR count). The standard InChI is InChI=1S/C15H20N2O4/c1-11-6-7-13(18)16(10-11)8-3-5-14(19)17-9-2-4-12(17)15(20)21/h6-7,10,12H,2-5,8-9H2,1H3,(H,20,21). The predicted octanol–water partition coefficient (Wildman–Crippen LogP) is 1.01. The second-order valence-electron chi connectivity index (χ2n) is 5.43. The van der Waals surface area contributed by atoms with Crippen LogP contribution in [-0.2, 0) is 16.1 Å². The molecular formula is C15H20N2O4. The normalized spacial score (nSPS) is 18.0. The summed E-state index contributed by atoms with van der Waals surface area (Å²) < 4.78 is 1.58. The van der Waals surface area contributed by atoms with Crippen molar-refractivity contribution >= 4 is 11.9 Å². The van der Waals surface area contributed by atoms with E-state index in [0.717, 1.165) is 12.0 Å². The lowest BCUT2D eigenvalue weighted by molar-refractivity contribution is -0.148. The van der Waals surface area contributed by atoms with Crippen molar-refractivity contribution in [1.29, 1.82) is 0 Å². The number of pyridine rings is 1. The van der Waals surface area contributed by atoms with E-state index in [9.17, 15) is 14.4 Å². The Morgan fingerprint density at radius 2 is 2.14 bits per heavy atom. The lowest BCUT2D eigenvalue weighted by Crippen LogP contribution is -2.40. The minimum Gasteiger partial charge on any atom is -0.480 e. The van der Waals surface area contributed by atoms with E-state index in [1.807, 2.05) is 6.92 Å². The van der Waals surface area contributed by atoms with Crippen molar-refractivity contribution in [2.45, 2.75) is 45.2 Å². The number of hydrogen-bond acceptors (Lipinski definition) is 3. The highest BCUT2D eigenvalue weighted by molar-refractivity contribution is 5.84. The minimum absolute atomic E-state index is 0.0855. The Bertz CT molecular complexity index is 594. The molecule has 1 saturated heterocycles. The largest absolute Gasteiger partial charge is 0.480 e. The van der Waals surface area contributed by atoms with Crippen LogP contribution in [0.2, 0.25) is 0 Å². The monoisotopic (exact) mass is 292 g/mol. The summed E-state index contributed by atoms with van der Waals surface area (Å²) in [6.07, 6.45) is 3.83. The second kappa shape index (κ2) is 6.56. The number of rotatable bonds is 5. The SMILES string of the molecule is Cc1ccc(=O)n(CCCC(=O)N2CCCC2C(=O)O)c1. The maximum atomic E-state index is 12.1. The van der Waals surface area contributed by atoms with Crippen LogP contribution >= 0.6 is 0 Å². The second-order valence-corrected chi connectivity index (χ2v) is 5.43. The summed E-state index contributed by atoms with van der Waals surface area (Å²) in [5.41, 5.74) is 0.907. The van der Waals surface area contributed by atoms with Crippen LogP contribution in [-0.4, -0.2) is 39.0 Å². The van der Waals surface area contributed by atoms with E-state index in [4.69, 9.17) is 5.11 Å². The topological polar surface area (TPSA) is 79.6 Å². The van der Waals surface area contributed by atoms with Gasteiger partial charge in [-0.25, -0.2) is 4.79 Å². The van der Waals surface area contributed by atoms with Crippen LogP contribution in [0.1, 0.15) is 31.2 Å². The first kappa shape index (κ1) is 15.3. The van der Waals surface area contributed by atoms with Crippen molar-refractivity contribution in [3.05, 3.63) is 34.2 Å². The van der Waals surface area contributed by atoms with Crippen LogP contribution in [0.4, 0.5) is 0 Å². The molecule has 0 saturated carbocycles. The third-order valence-electron chi connectivity index (χ3n) is 3.78. The summed E-state index contributed by atoms with van der Waals surface area (Å²) in [5.74, 6) is -1.07. The van der Waals surface area contributed by atoms with Crippen LogP contribution < -0.4 is 5.56 Å². The average molecular weight is 292 g/mol. The minimum atomic E-state index is -0.934. The Hall–Kier alpha value is -2.11. The molecule has 6 heteroatoms. The zero-order chi connectivity index (χ0) is 15.4. The van der Waals surface area contributed by atoms with E-state index in [-0.39, 0.29) is 17.9 Å². The molecular weight excluding hydrogens is 272 g/mol. The Kier molecular flexibility index (Phi) is 4.77. The van der Waals surface area contributed by atoms with Crippen LogP contribution in [0.5, 0.6) is 0 Å². The van der Waals surface area contributed by atoms with Crippen molar-refractivity contribution in [3.8, 4) is 0 Å². The molecule has 1 aliphatic rings. The van der Waals surface area contributed by atoms with Crippen LogP contribution in [0.15, 0.2) is 23.1 Å². The first-order chi connectivity index (χ1) is 9.99. The number of carbonyl (C=O) groups is 2. The summed E-state index contributed by atoms with van der Waals surface area (Å²) in [6.45, 7) is 2.89. The summed E-state index contributed by atoms with van der Waals surface area (Å²) in [6, 6.07) is 2.59. The predicted molar refractivity (Wildman–Crippen MR) is 77.0 cm³/mol. The third-order valence-corrected chi connectivity index (χ3v) is 3.78. The van der Waals surface area contributed by atoms with Crippen LogP contribution in [0.25, 0.3) is 0 Å². The Balaban J connectivity index is 1.88. The highest BCUT2D eigenvalue weighted by Gasteiger charge is 2.33. The first-order valence-corrected chi connectivity index (χ1v) is 7.18. The summed E-state index contributed by atoms with van der Waals surface area (Å²) in [5, 5.41) is 9.06. The molecule has 0 spiro atoms. The number of aryl methyl sites for hydroxylation is 2. The van der Waals surface area contributed by atoms with Crippen LogP contribution in [0, 0.1) is 6.92 Å². The quantitative estimate of drug-likeness (QED) is 0.878. The zero-order valence-electron chi connectivity index (χ0n) is 12.1. The number of aromatic nitrogens is 1. The number of nitrogens with zero attached hydrogens (tertiary/aromatic N) is 2. The third kappa shape index (κ3) is 3.71. The first-order valence-electron chi connectivity index (χ1n) is 7.18.